The zero-order chi connectivity index (χ0) is 23.7. The molecule has 1 atom stereocenters. The highest BCUT2D eigenvalue weighted by molar-refractivity contribution is 6.46. The summed E-state index contributed by atoms with van der Waals surface area (Å²) in [7, 11) is 1.57. The lowest BCUT2D eigenvalue weighted by molar-refractivity contribution is -0.140. The first-order chi connectivity index (χ1) is 16.6. The number of aliphatic hydroxyl groups is 1. The van der Waals surface area contributed by atoms with Gasteiger partial charge in [0.15, 0.2) is 11.5 Å². The van der Waals surface area contributed by atoms with Crippen LogP contribution in [0.3, 0.4) is 0 Å². The zero-order valence-corrected chi connectivity index (χ0v) is 18.6. The van der Waals surface area contributed by atoms with Gasteiger partial charge in [0.2, 0.25) is 0 Å². The van der Waals surface area contributed by atoms with Crippen molar-refractivity contribution in [3.8, 4) is 17.2 Å². The molecule has 0 radical (unpaired) electrons. The Bertz CT molecular complexity index is 1280. The molecule has 172 valence electrons. The molecule has 1 N–H and O–H groups in total. The quantitative estimate of drug-likeness (QED) is 0.353. The summed E-state index contributed by atoms with van der Waals surface area (Å²) in [6.07, 6.45) is 0. The van der Waals surface area contributed by atoms with Crippen LogP contribution in [0.15, 0.2) is 78.4 Å². The van der Waals surface area contributed by atoms with E-state index in [9.17, 15) is 14.7 Å². The molecule has 2 aliphatic heterocycles. The van der Waals surface area contributed by atoms with E-state index in [0.717, 1.165) is 11.1 Å². The number of carbonyl (C=O) groups is 2. The van der Waals surface area contributed by atoms with Crippen LogP contribution in [-0.4, -0.2) is 42.0 Å². The van der Waals surface area contributed by atoms with E-state index in [1.807, 2.05) is 54.6 Å². The molecule has 0 aliphatic carbocycles. The normalized spacial score (nSPS) is 18.7. The number of fused-ring (bicyclic) bond motifs is 1. The highest BCUT2D eigenvalue weighted by atomic mass is 16.6. The second-order valence-corrected chi connectivity index (χ2v) is 8.05. The summed E-state index contributed by atoms with van der Waals surface area (Å²) in [5, 5.41) is 11.3. The lowest BCUT2D eigenvalue weighted by Crippen LogP contribution is -2.29. The third-order valence-electron chi connectivity index (χ3n) is 5.96. The van der Waals surface area contributed by atoms with Crippen LogP contribution < -0.4 is 14.2 Å². The number of amides is 1. The molecule has 2 aliphatic rings. The molecule has 0 bridgehead atoms. The average molecular weight is 457 g/mol. The van der Waals surface area contributed by atoms with Crippen LogP contribution in [0.4, 0.5) is 0 Å². The fourth-order valence-electron chi connectivity index (χ4n) is 4.34. The molecule has 1 amide bonds. The predicted molar refractivity (Wildman–Crippen MR) is 125 cm³/mol. The maximum Gasteiger partial charge on any atom is 0.295 e. The van der Waals surface area contributed by atoms with Crippen LogP contribution in [0, 0.1) is 0 Å². The number of ketones is 1. The van der Waals surface area contributed by atoms with E-state index in [4.69, 9.17) is 14.2 Å². The van der Waals surface area contributed by atoms with Crippen molar-refractivity contribution in [3.05, 3.63) is 95.1 Å². The molecule has 7 heteroatoms. The molecule has 3 aromatic rings. The van der Waals surface area contributed by atoms with Gasteiger partial charge >= 0.3 is 0 Å². The number of benzene rings is 3. The van der Waals surface area contributed by atoms with Gasteiger partial charge in [-0.3, -0.25) is 9.59 Å². The maximum absolute atomic E-state index is 13.2. The number of aliphatic hydroxyl groups excluding tert-OH is 1. The van der Waals surface area contributed by atoms with Crippen molar-refractivity contribution in [2.45, 2.75) is 12.6 Å². The molecule has 7 nitrogen and oxygen atoms in total. The van der Waals surface area contributed by atoms with Crippen LogP contribution in [0.2, 0.25) is 0 Å². The summed E-state index contributed by atoms with van der Waals surface area (Å²) in [6.45, 7) is 1.02. The van der Waals surface area contributed by atoms with Crippen molar-refractivity contribution >= 4 is 17.4 Å². The lowest BCUT2D eigenvalue weighted by atomic mass is 9.95. The Balaban J connectivity index is 1.60. The summed E-state index contributed by atoms with van der Waals surface area (Å²) in [4.78, 5) is 27.9. The number of methoxy groups -OCH3 is 1. The Labute approximate surface area is 196 Å². The molecule has 1 saturated heterocycles. The minimum absolute atomic E-state index is 0.0378. The van der Waals surface area contributed by atoms with E-state index in [2.05, 4.69) is 0 Å². The zero-order valence-electron chi connectivity index (χ0n) is 18.6. The Hall–Kier alpha value is -4.26. The van der Waals surface area contributed by atoms with Gasteiger partial charge in [-0.2, -0.15) is 0 Å². The van der Waals surface area contributed by atoms with E-state index in [1.54, 1.807) is 25.3 Å². The molecule has 0 aromatic heterocycles. The van der Waals surface area contributed by atoms with E-state index in [0.29, 0.717) is 36.0 Å². The third kappa shape index (κ3) is 3.85. The van der Waals surface area contributed by atoms with Gasteiger partial charge in [-0.15, -0.1) is 0 Å². The number of nitrogens with zero attached hydrogens (tertiary/aromatic N) is 1. The van der Waals surface area contributed by atoms with Crippen LogP contribution in [-0.2, 0) is 16.1 Å². The number of rotatable bonds is 5. The standard InChI is InChI=1S/C27H23NO6/c1-32-20-9-5-6-17(14-20)16-28-24(18-7-3-2-4-8-18)23(26(30)27(28)31)25(29)19-10-11-21-22(15-19)34-13-12-33-21/h2-11,14-15,24,29H,12-13,16H2,1H3/b25-23-. The van der Waals surface area contributed by atoms with E-state index < -0.39 is 17.7 Å². The number of hydrogen-bond acceptors (Lipinski definition) is 6. The van der Waals surface area contributed by atoms with Crippen LogP contribution in [0.1, 0.15) is 22.7 Å². The van der Waals surface area contributed by atoms with Crippen LogP contribution >= 0.6 is 0 Å². The first kappa shape index (κ1) is 21.6. The number of carbonyl (C=O) groups excluding carboxylic acids is 2. The topological polar surface area (TPSA) is 85.3 Å². The fraction of sp³-hybridized carbons (Fsp3) is 0.185. The number of ether oxygens (including phenoxy) is 3. The largest absolute Gasteiger partial charge is 0.507 e. The van der Waals surface area contributed by atoms with Gasteiger partial charge in [-0.25, -0.2) is 0 Å². The molecule has 1 fully saturated rings. The molecular weight excluding hydrogens is 434 g/mol. The molecular formula is C27H23NO6. The summed E-state index contributed by atoms with van der Waals surface area (Å²) < 4.78 is 16.5. The summed E-state index contributed by atoms with van der Waals surface area (Å²) >= 11 is 0. The third-order valence-corrected chi connectivity index (χ3v) is 5.96. The molecule has 5 rings (SSSR count). The van der Waals surface area contributed by atoms with Gasteiger partial charge in [0.05, 0.1) is 18.7 Å². The van der Waals surface area contributed by atoms with Gasteiger partial charge < -0.3 is 24.2 Å². The van der Waals surface area contributed by atoms with E-state index >= 15 is 0 Å². The Morgan fingerprint density at radius 2 is 1.74 bits per heavy atom. The SMILES string of the molecule is COc1cccc(CN2C(=O)C(=O)/C(=C(\O)c3ccc4c(c3)OCCO4)C2c2ccccc2)c1. The van der Waals surface area contributed by atoms with Gasteiger partial charge in [0.25, 0.3) is 11.7 Å². The van der Waals surface area contributed by atoms with Crippen molar-refractivity contribution < 1.29 is 28.9 Å². The Morgan fingerprint density at radius 1 is 0.971 bits per heavy atom. The second kappa shape index (κ2) is 8.94. The van der Waals surface area contributed by atoms with Gasteiger partial charge in [0.1, 0.15) is 24.7 Å². The second-order valence-electron chi connectivity index (χ2n) is 8.05. The molecule has 0 spiro atoms. The average Bonchev–Trinajstić information content (AvgIpc) is 3.13. The number of Topliss-reactive ketones (excluding diaryl/α,β-unsaturated/α-hetero) is 1. The van der Waals surface area contributed by atoms with Crippen LogP contribution in [0.25, 0.3) is 5.76 Å². The fourth-order valence-corrected chi connectivity index (χ4v) is 4.34. The predicted octanol–water partition coefficient (Wildman–Crippen LogP) is 4.09. The van der Waals surface area contributed by atoms with Gasteiger partial charge in [-0.05, 0) is 41.5 Å². The minimum atomic E-state index is -0.749. The van der Waals surface area contributed by atoms with Crippen molar-refractivity contribution in [1.82, 2.24) is 4.90 Å². The smallest absolute Gasteiger partial charge is 0.295 e. The lowest BCUT2D eigenvalue weighted by Gasteiger charge is -2.25. The number of hydrogen-bond donors (Lipinski definition) is 1. The molecule has 34 heavy (non-hydrogen) atoms. The van der Waals surface area contributed by atoms with E-state index in [1.165, 1.54) is 4.90 Å². The van der Waals surface area contributed by atoms with Crippen LogP contribution in [0.5, 0.6) is 17.2 Å². The highest BCUT2D eigenvalue weighted by Gasteiger charge is 2.46. The van der Waals surface area contributed by atoms with Crippen molar-refractivity contribution in [1.29, 1.82) is 0 Å². The van der Waals surface area contributed by atoms with Crippen molar-refractivity contribution in [3.63, 3.8) is 0 Å². The summed E-state index contributed by atoms with van der Waals surface area (Å²) in [5.74, 6) is 0.0527. The summed E-state index contributed by atoms with van der Waals surface area (Å²) in [5.41, 5.74) is 1.95. The molecule has 3 aromatic carbocycles. The molecule has 2 heterocycles. The van der Waals surface area contributed by atoms with E-state index in [-0.39, 0.29) is 17.9 Å². The summed E-state index contributed by atoms with van der Waals surface area (Å²) in [6, 6.07) is 20.8. The van der Waals surface area contributed by atoms with Crippen molar-refractivity contribution in [2.24, 2.45) is 0 Å². The first-order valence-electron chi connectivity index (χ1n) is 10.9. The molecule has 0 saturated carbocycles. The highest BCUT2D eigenvalue weighted by Crippen LogP contribution is 2.41. The Morgan fingerprint density at radius 3 is 2.50 bits per heavy atom. The first-order valence-corrected chi connectivity index (χ1v) is 10.9. The Kier molecular flexibility index (Phi) is 5.67. The monoisotopic (exact) mass is 457 g/mol. The minimum Gasteiger partial charge on any atom is -0.507 e. The number of likely N-dealkylation sites (tertiary alicyclic amines) is 1. The maximum atomic E-state index is 13.2. The van der Waals surface area contributed by atoms with Crippen molar-refractivity contribution in [2.75, 3.05) is 20.3 Å². The molecule has 1 unspecified atom stereocenters. The van der Waals surface area contributed by atoms with Gasteiger partial charge in [-0.1, -0.05) is 42.5 Å². The van der Waals surface area contributed by atoms with Gasteiger partial charge in [0, 0.05) is 12.1 Å².